The van der Waals surface area contributed by atoms with Crippen molar-refractivity contribution in [1.82, 2.24) is 10.2 Å². The summed E-state index contributed by atoms with van der Waals surface area (Å²) in [6.07, 6.45) is 0. The molecule has 3 aromatic rings. The Morgan fingerprint density at radius 3 is 2.26 bits per heavy atom. The number of piperazine rings is 1. The molecule has 2 aromatic carbocycles. The van der Waals surface area contributed by atoms with Gasteiger partial charge in [0.05, 0.1) is 5.75 Å². The van der Waals surface area contributed by atoms with E-state index in [1.165, 1.54) is 23.9 Å². The minimum atomic E-state index is -0.219. The third-order valence-electron chi connectivity index (χ3n) is 5.11. The van der Waals surface area contributed by atoms with Crippen molar-refractivity contribution in [3.8, 4) is 0 Å². The Morgan fingerprint density at radius 2 is 1.61 bits per heavy atom. The van der Waals surface area contributed by atoms with Gasteiger partial charge in [0.15, 0.2) is 5.82 Å². The number of hydrogen-bond donors (Lipinski definition) is 1. The second kappa shape index (κ2) is 9.78. The predicted molar refractivity (Wildman–Crippen MR) is 123 cm³/mol. The number of benzene rings is 2. The van der Waals surface area contributed by atoms with E-state index in [9.17, 15) is 9.18 Å². The van der Waals surface area contributed by atoms with Gasteiger partial charge in [-0.2, -0.15) is 0 Å². The number of amides is 1. The summed E-state index contributed by atoms with van der Waals surface area (Å²) >= 11 is 1.36. The van der Waals surface area contributed by atoms with E-state index < -0.39 is 0 Å². The molecule has 1 aromatic heterocycles. The highest BCUT2D eigenvalue weighted by molar-refractivity contribution is 7.99. The Morgan fingerprint density at radius 1 is 0.935 bits per heavy atom. The summed E-state index contributed by atoms with van der Waals surface area (Å²) in [5.41, 5.74) is 2.97. The third kappa shape index (κ3) is 5.73. The molecule has 0 unspecified atom stereocenters. The minimum Gasteiger partial charge on any atom is -0.368 e. The average Bonchev–Trinajstić information content (AvgIpc) is 2.80. The number of thioether (sulfide) groups is 1. The van der Waals surface area contributed by atoms with Crippen molar-refractivity contribution in [1.29, 1.82) is 0 Å². The van der Waals surface area contributed by atoms with Gasteiger partial charge in [-0.25, -0.2) is 4.39 Å². The van der Waals surface area contributed by atoms with Gasteiger partial charge in [-0.3, -0.25) is 4.79 Å². The molecule has 6 nitrogen and oxygen atoms in total. The SMILES string of the molecule is Cc1ccc(NC(=O)CSc2ccc(N3CCN(c4ccc(F)cc4)CC3)nn2)cc1. The molecule has 4 rings (SSSR count). The van der Waals surface area contributed by atoms with Gasteiger partial charge in [-0.05, 0) is 55.5 Å². The normalized spacial score (nSPS) is 13.9. The summed E-state index contributed by atoms with van der Waals surface area (Å²) < 4.78 is 13.1. The topological polar surface area (TPSA) is 61.4 Å². The standard InChI is InChI=1S/C23H24FN5OS/c1-17-2-6-19(7-3-17)25-22(30)16-31-23-11-10-21(26-27-23)29-14-12-28(13-15-29)20-8-4-18(24)5-9-20/h2-11H,12-16H2,1H3,(H,25,30). The summed E-state index contributed by atoms with van der Waals surface area (Å²) in [7, 11) is 0. The van der Waals surface area contributed by atoms with Crippen LogP contribution in [0.5, 0.6) is 0 Å². The molecule has 8 heteroatoms. The number of carbonyl (C=O) groups is 1. The molecule has 0 atom stereocenters. The van der Waals surface area contributed by atoms with E-state index in [1.54, 1.807) is 0 Å². The number of nitrogens with zero attached hydrogens (tertiary/aromatic N) is 4. The van der Waals surface area contributed by atoms with Crippen molar-refractivity contribution in [3.63, 3.8) is 0 Å². The lowest BCUT2D eigenvalue weighted by atomic mass is 10.2. The highest BCUT2D eigenvalue weighted by atomic mass is 32.2. The summed E-state index contributed by atoms with van der Waals surface area (Å²) in [5, 5.41) is 12.2. The quantitative estimate of drug-likeness (QED) is 0.589. The maximum absolute atomic E-state index is 13.1. The highest BCUT2D eigenvalue weighted by Crippen LogP contribution is 2.21. The van der Waals surface area contributed by atoms with E-state index >= 15 is 0 Å². The Balaban J connectivity index is 1.25. The van der Waals surface area contributed by atoms with Gasteiger partial charge in [0.1, 0.15) is 10.8 Å². The number of carbonyl (C=O) groups excluding carboxylic acids is 1. The van der Waals surface area contributed by atoms with Crippen LogP contribution in [0.1, 0.15) is 5.56 Å². The molecule has 160 valence electrons. The fourth-order valence-electron chi connectivity index (χ4n) is 3.38. The number of aromatic nitrogens is 2. The van der Waals surface area contributed by atoms with Crippen molar-refractivity contribution in [3.05, 3.63) is 72.0 Å². The summed E-state index contributed by atoms with van der Waals surface area (Å²) in [6, 6.07) is 18.2. The Kier molecular flexibility index (Phi) is 6.66. The first-order chi connectivity index (χ1) is 15.1. The van der Waals surface area contributed by atoms with Crippen LogP contribution in [-0.2, 0) is 4.79 Å². The summed E-state index contributed by atoms with van der Waals surface area (Å²) in [4.78, 5) is 16.6. The number of halogens is 1. The molecule has 0 saturated carbocycles. The fraction of sp³-hybridized carbons (Fsp3) is 0.261. The van der Waals surface area contributed by atoms with E-state index in [0.29, 0.717) is 5.03 Å². The number of anilines is 3. The van der Waals surface area contributed by atoms with Gasteiger partial charge in [-0.1, -0.05) is 29.5 Å². The molecular weight excluding hydrogens is 413 g/mol. The molecule has 31 heavy (non-hydrogen) atoms. The second-order valence-corrected chi connectivity index (χ2v) is 8.38. The maximum atomic E-state index is 13.1. The Bertz CT molecular complexity index is 1000. The molecule has 1 amide bonds. The zero-order chi connectivity index (χ0) is 21.6. The van der Waals surface area contributed by atoms with Crippen LogP contribution < -0.4 is 15.1 Å². The molecular formula is C23H24FN5OS. The molecule has 1 N–H and O–H groups in total. The molecule has 2 heterocycles. The first-order valence-electron chi connectivity index (χ1n) is 10.2. The molecule has 0 aliphatic carbocycles. The molecule has 1 saturated heterocycles. The van der Waals surface area contributed by atoms with E-state index in [4.69, 9.17) is 0 Å². The van der Waals surface area contributed by atoms with Crippen molar-refractivity contribution < 1.29 is 9.18 Å². The van der Waals surface area contributed by atoms with Gasteiger partial charge >= 0.3 is 0 Å². The highest BCUT2D eigenvalue weighted by Gasteiger charge is 2.19. The van der Waals surface area contributed by atoms with Gasteiger partial charge in [0, 0.05) is 37.6 Å². The average molecular weight is 438 g/mol. The Labute approximate surface area is 185 Å². The van der Waals surface area contributed by atoms with Gasteiger partial charge < -0.3 is 15.1 Å². The van der Waals surface area contributed by atoms with E-state index in [1.807, 2.05) is 55.5 Å². The zero-order valence-electron chi connectivity index (χ0n) is 17.3. The van der Waals surface area contributed by atoms with E-state index in [0.717, 1.165) is 48.9 Å². The summed E-state index contributed by atoms with van der Waals surface area (Å²) in [5.74, 6) is 0.810. The van der Waals surface area contributed by atoms with Crippen molar-refractivity contribution in [2.24, 2.45) is 0 Å². The number of hydrogen-bond acceptors (Lipinski definition) is 6. The van der Waals surface area contributed by atoms with Crippen LogP contribution in [0.4, 0.5) is 21.6 Å². The third-order valence-corrected chi connectivity index (χ3v) is 6.03. The predicted octanol–water partition coefficient (Wildman–Crippen LogP) is 3.98. The van der Waals surface area contributed by atoms with Crippen molar-refractivity contribution >= 4 is 34.9 Å². The van der Waals surface area contributed by atoms with Crippen LogP contribution >= 0.6 is 11.8 Å². The molecule has 0 spiro atoms. The van der Waals surface area contributed by atoms with Crippen molar-refractivity contribution in [2.45, 2.75) is 11.9 Å². The molecule has 1 aliphatic heterocycles. The monoisotopic (exact) mass is 437 g/mol. The minimum absolute atomic E-state index is 0.0726. The van der Waals surface area contributed by atoms with Gasteiger partial charge in [-0.15, -0.1) is 10.2 Å². The maximum Gasteiger partial charge on any atom is 0.234 e. The van der Waals surface area contributed by atoms with Crippen LogP contribution in [0, 0.1) is 12.7 Å². The van der Waals surface area contributed by atoms with Gasteiger partial charge in [0.25, 0.3) is 0 Å². The largest absolute Gasteiger partial charge is 0.368 e. The molecule has 1 aliphatic rings. The first kappa shape index (κ1) is 21.1. The van der Waals surface area contributed by atoms with E-state index in [-0.39, 0.29) is 17.5 Å². The number of nitrogens with one attached hydrogen (secondary N) is 1. The van der Waals surface area contributed by atoms with E-state index in [2.05, 4.69) is 25.3 Å². The Hall–Kier alpha value is -3.13. The smallest absolute Gasteiger partial charge is 0.234 e. The summed E-state index contributed by atoms with van der Waals surface area (Å²) in [6.45, 7) is 5.32. The second-order valence-electron chi connectivity index (χ2n) is 7.38. The molecule has 1 fully saturated rings. The number of rotatable bonds is 6. The van der Waals surface area contributed by atoms with Crippen molar-refractivity contribution in [2.75, 3.05) is 47.0 Å². The lowest BCUT2D eigenvalue weighted by Gasteiger charge is -2.36. The van der Waals surface area contributed by atoms with Crippen LogP contribution in [0.2, 0.25) is 0 Å². The van der Waals surface area contributed by atoms with Gasteiger partial charge in [0.2, 0.25) is 5.91 Å². The van der Waals surface area contributed by atoms with Crippen LogP contribution in [0.25, 0.3) is 0 Å². The molecule has 0 bridgehead atoms. The van der Waals surface area contributed by atoms with Crippen LogP contribution in [0.3, 0.4) is 0 Å². The lowest BCUT2D eigenvalue weighted by molar-refractivity contribution is -0.113. The van der Waals surface area contributed by atoms with Crippen LogP contribution in [-0.4, -0.2) is 48.0 Å². The van der Waals surface area contributed by atoms with Crippen LogP contribution in [0.15, 0.2) is 65.7 Å². The molecule has 0 radical (unpaired) electrons. The fourth-order valence-corrected chi connectivity index (χ4v) is 3.99. The first-order valence-corrected chi connectivity index (χ1v) is 11.1. The number of aryl methyl sites for hydroxylation is 1. The zero-order valence-corrected chi connectivity index (χ0v) is 18.1. The lowest BCUT2D eigenvalue weighted by Crippen LogP contribution is -2.46.